The molecule has 0 N–H and O–H groups in total. The normalized spacial score (nSPS) is 18.1. The molecule has 2 aromatic heterocycles. The van der Waals surface area contributed by atoms with Crippen LogP contribution in [0.2, 0.25) is 0 Å². The number of hydrogen-bond donors (Lipinski definition) is 0. The van der Waals surface area contributed by atoms with Gasteiger partial charge in [0.25, 0.3) is 0 Å². The third-order valence-electron chi connectivity index (χ3n) is 3.67. The predicted molar refractivity (Wildman–Crippen MR) is 65.8 cm³/mol. The fourth-order valence-corrected chi connectivity index (χ4v) is 2.78. The zero-order valence-electron chi connectivity index (χ0n) is 9.82. The standard InChI is InChI=1S/C14H18N2/c1-11-7-8-13-9-15-14(16(13)10-11)12-5-3-2-4-6-12/h7-10,12H,2-6H2,1H3. The molecule has 0 aliphatic heterocycles. The van der Waals surface area contributed by atoms with Crippen LogP contribution in [0.15, 0.2) is 24.5 Å². The number of pyridine rings is 1. The molecule has 2 aromatic rings. The molecule has 0 radical (unpaired) electrons. The minimum absolute atomic E-state index is 0.679. The molecule has 16 heavy (non-hydrogen) atoms. The number of aryl methyl sites for hydroxylation is 1. The molecule has 84 valence electrons. The van der Waals surface area contributed by atoms with Gasteiger partial charge in [-0.3, -0.25) is 0 Å². The molecule has 0 unspecified atom stereocenters. The van der Waals surface area contributed by atoms with Crippen molar-refractivity contribution >= 4 is 5.52 Å². The first-order valence-corrected chi connectivity index (χ1v) is 6.28. The summed E-state index contributed by atoms with van der Waals surface area (Å²) in [7, 11) is 0. The zero-order valence-corrected chi connectivity index (χ0v) is 9.82. The van der Waals surface area contributed by atoms with Gasteiger partial charge in [-0.05, 0) is 31.4 Å². The Kier molecular flexibility index (Phi) is 2.43. The SMILES string of the molecule is Cc1ccc2cnc(C3CCCCC3)n2c1. The topological polar surface area (TPSA) is 17.3 Å². The third kappa shape index (κ3) is 1.62. The molecule has 3 rings (SSSR count). The van der Waals surface area contributed by atoms with E-state index in [1.54, 1.807) is 0 Å². The molecule has 1 fully saturated rings. The largest absolute Gasteiger partial charge is 0.303 e. The van der Waals surface area contributed by atoms with Crippen LogP contribution < -0.4 is 0 Å². The van der Waals surface area contributed by atoms with Crippen molar-refractivity contribution in [1.29, 1.82) is 0 Å². The van der Waals surface area contributed by atoms with Crippen molar-refractivity contribution in [3.63, 3.8) is 0 Å². The van der Waals surface area contributed by atoms with Crippen LogP contribution in [0.5, 0.6) is 0 Å². The van der Waals surface area contributed by atoms with Crippen molar-refractivity contribution in [1.82, 2.24) is 9.38 Å². The molecule has 0 amide bonds. The summed E-state index contributed by atoms with van der Waals surface area (Å²) in [5.41, 5.74) is 2.54. The molecule has 0 spiro atoms. The number of imidazole rings is 1. The van der Waals surface area contributed by atoms with Crippen LogP contribution in [0.3, 0.4) is 0 Å². The van der Waals surface area contributed by atoms with Gasteiger partial charge in [-0.15, -0.1) is 0 Å². The van der Waals surface area contributed by atoms with Gasteiger partial charge in [-0.25, -0.2) is 4.98 Å². The third-order valence-corrected chi connectivity index (χ3v) is 3.67. The molecule has 1 saturated carbocycles. The highest BCUT2D eigenvalue weighted by Crippen LogP contribution is 2.32. The number of hydrogen-bond acceptors (Lipinski definition) is 1. The summed E-state index contributed by atoms with van der Waals surface area (Å²) < 4.78 is 2.28. The molecular weight excluding hydrogens is 196 g/mol. The van der Waals surface area contributed by atoms with Crippen molar-refractivity contribution < 1.29 is 0 Å². The van der Waals surface area contributed by atoms with E-state index in [2.05, 4.69) is 34.6 Å². The lowest BCUT2D eigenvalue weighted by atomic mass is 9.89. The fraction of sp³-hybridized carbons (Fsp3) is 0.500. The van der Waals surface area contributed by atoms with Crippen LogP contribution >= 0.6 is 0 Å². The van der Waals surface area contributed by atoms with Crippen LogP contribution in [0.25, 0.3) is 5.52 Å². The first-order chi connectivity index (χ1) is 7.84. The molecule has 1 aliphatic carbocycles. The Hall–Kier alpha value is -1.31. The van der Waals surface area contributed by atoms with Gasteiger partial charge in [-0.1, -0.05) is 25.3 Å². The molecule has 2 nitrogen and oxygen atoms in total. The second-order valence-electron chi connectivity index (χ2n) is 4.95. The molecule has 2 heteroatoms. The molecular formula is C14H18N2. The van der Waals surface area contributed by atoms with Crippen molar-refractivity contribution in [3.8, 4) is 0 Å². The Balaban J connectivity index is 2.05. The van der Waals surface area contributed by atoms with E-state index in [0.717, 1.165) is 0 Å². The van der Waals surface area contributed by atoms with Gasteiger partial charge in [-0.2, -0.15) is 0 Å². The molecule has 0 atom stereocenters. The van der Waals surface area contributed by atoms with Gasteiger partial charge in [0.1, 0.15) is 5.82 Å². The number of rotatable bonds is 1. The highest BCUT2D eigenvalue weighted by atomic mass is 15.0. The van der Waals surface area contributed by atoms with Crippen LogP contribution in [-0.4, -0.2) is 9.38 Å². The van der Waals surface area contributed by atoms with Gasteiger partial charge in [0.15, 0.2) is 0 Å². The van der Waals surface area contributed by atoms with Crippen molar-refractivity contribution in [2.45, 2.75) is 44.9 Å². The lowest BCUT2D eigenvalue weighted by molar-refractivity contribution is 0.427. The maximum Gasteiger partial charge on any atom is 0.116 e. The maximum atomic E-state index is 4.62. The monoisotopic (exact) mass is 214 g/mol. The number of aromatic nitrogens is 2. The Labute approximate surface area is 96.3 Å². The summed E-state index contributed by atoms with van der Waals surface area (Å²) in [5.74, 6) is 1.96. The van der Waals surface area contributed by atoms with Crippen LogP contribution in [-0.2, 0) is 0 Å². The van der Waals surface area contributed by atoms with E-state index in [-0.39, 0.29) is 0 Å². The molecule has 2 heterocycles. The first-order valence-electron chi connectivity index (χ1n) is 6.28. The average molecular weight is 214 g/mol. The second kappa shape index (κ2) is 3.93. The Morgan fingerprint density at radius 2 is 2.00 bits per heavy atom. The molecule has 0 bridgehead atoms. The van der Waals surface area contributed by atoms with Crippen LogP contribution in [0.1, 0.15) is 49.4 Å². The highest BCUT2D eigenvalue weighted by Gasteiger charge is 2.19. The van der Waals surface area contributed by atoms with Crippen molar-refractivity contribution in [2.24, 2.45) is 0 Å². The Morgan fingerprint density at radius 3 is 2.81 bits per heavy atom. The average Bonchev–Trinajstić information content (AvgIpc) is 2.73. The van der Waals surface area contributed by atoms with E-state index in [0.29, 0.717) is 5.92 Å². The van der Waals surface area contributed by atoms with E-state index in [1.165, 1.54) is 49.0 Å². The lowest BCUT2D eigenvalue weighted by Gasteiger charge is -2.20. The number of nitrogens with zero attached hydrogens (tertiary/aromatic N) is 2. The van der Waals surface area contributed by atoms with E-state index >= 15 is 0 Å². The molecule has 0 aromatic carbocycles. The molecule has 0 saturated heterocycles. The first kappa shape index (κ1) is 9.88. The molecule has 1 aliphatic rings. The minimum atomic E-state index is 0.679. The van der Waals surface area contributed by atoms with Gasteiger partial charge in [0.2, 0.25) is 0 Å². The maximum absolute atomic E-state index is 4.62. The van der Waals surface area contributed by atoms with E-state index in [4.69, 9.17) is 0 Å². The summed E-state index contributed by atoms with van der Waals surface area (Å²) in [4.78, 5) is 4.62. The van der Waals surface area contributed by atoms with Crippen molar-refractivity contribution in [3.05, 3.63) is 35.9 Å². The summed E-state index contributed by atoms with van der Waals surface area (Å²) in [6.07, 6.45) is 11.0. The lowest BCUT2D eigenvalue weighted by Crippen LogP contribution is -2.08. The summed E-state index contributed by atoms with van der Waals surface area (Å²) in [6, 6.07) is 4.32. The number of fused-ring (bicyclic) bond motifs is 1. The Bertz CT molecular complexity index is 492. The van der Waals surface area contributed by atoms with Crippen LogP contribution in [0, 0.1) is 6.92 Å². The minimum Gasteiger partial charge on any atom is -0.303 e. The summed E-state index contributed by atoms with van der Waals surface area (Å²) in [5, 5.41) is 0. The van der Waals surface area contributed by atoms with Gasteiger partial charge in [0, 0.05) is 12.1 Å². The highest BCUT2D eigenvalue weighted by molar-refractivity contribution is 5.47. The van der Waals surface area contributed by atoms with Crippen LogP contribution in [0.4, 0.5) is 0 Å². The van der Waals surface area contributed by atoms with Crippen molar-refractivity contribution in [2.75, 3.05) is 0 Å². The van der Waals surface area contributed by atoms with Gasteiger partial charge < -0.3 is 4.40 Å². The van der Waals surface area contributed by atoms with E-state index in [1.807, 2.05) is 6.20 Å². The Morgan fingerprint density at radius 1 is 1.19 bits per heavy atom. The van der Waals surface area contributed by atoms with Gasteiger partial charge >= 0.3 is 0 Å². The second-order valence-corrected chi connectivity index (χ2v) is 4.95. The summed E-state index contributed by atoms with van der Waals surface area (Å²) in [6.45, 7) is 2.14. The zero-order chi connectivity index (χ0) is 11.0. The van der Waals surface area contributed by atoms with E-state index < -0.39 is 0 Å². The summed E-state index contributed by atoms with van der Waals surface area (Å²) >= 11 is 0. The van der Waals surface area contributed by atoms with Gasteiger partial charge in [0.05, 0.1) is 11.7 Å². The predicted octanol–water partition coefficient (Wildman–Crippen LogP) is 3.69. The quantitative estimate of drug-likeness (QED) is 0.707. The fourth-order valence-electron chi connectivity index (χ4n) is 2.78. The smallest absolute Gasteiger partial charge is 0.116 e. The van der Waals surface area contributed by atoms with E-state index in [9.17, 15) is 0 Å².